The highest BCUT2D eigenvalue weighted by molar-refractivity contribution is 5.84. The Morgan fingerprint density at radius 2 is 1.77 bits per heavy atom. The Bertz CT molecular complexity index is 1340. The van der Waals surface area contributed by atoms with Gasteiger partial charge in [0.1, 0.15) is 11.7 Å². The first-order valence-corrected chi connectivity index (χ1v) is 10.5. The van der Waals surface area contributed by atoms with Gasteiger partial charge in [0.2, 0.25) is 0 Å². The summed E-state index contributed by atoms with van der Waals surface area (Å²) >= 11 is 0. The van der Waals surface area contributed by atoms with Crippen molar-refractivity contribution in [2.45, 2.75) is 39.3 Å². The standard InChI is InChI=1S/C25H26N4O2/c1-16(2)18-8-10-19(11-9-18)27-14-20(30)15-28-22-6-4-5-7-23(22)29-24(31)12-17(3)21(13-26)25(28)29/h4-12,16,20,27,30H,14-15H2,1-3H3/t20-/m1/s1. The van der Waals surface area contributed by atoms with Gasteiger partial charge in [-0.2, -0.15) is 5.26 Å². The van der Waals surface area contributed by atoms with Gasteiger partial charge in [-0.1, -0.05) is 38.1 Å². The molecular weight excluding hydrogens is 388 g/mol. The minimum absolute atomic E-state index is 0.181. The smallest absolute Gasteiger partial charge is 0.257 e. The quantitative estimate of drug-likeness (QED) is 0.499. The molecule has 0 aliphatic carbocycles. The lowest BCUT2D eigenvalue weighted by atomic mass is 10.0. The lowest BCUT2D eigenvalue weighted by Gasteiger charge is -2.16. The van der Waals surface area contributed by atoms with Crippen LogP contribution >= 0.6 is 0 Å². The van der Waals surface area contributed by atoms with Crippen LogP contribution in [0.4, 0.5) is 5.69 Å². The number of nitrogens with zero attached hydrogens (tertiary/aromatic N) is 3. The van der Waals surface area contributed by atoms with Crippen LogP contribution in [-0.2, 0) is 6.54 Å². The first kappa shape index (κ1) is 20.7. The van der Waals surface area contributed by atoms with Crippen molar-refractivity contribution in [3.05, 3.63) is 81.6 Å². The van der Waals surface area contributed by atoms with Crippen molar-refractivity contribution < 1.29 is 5.11 Å². The number of aliphatic hydroxyl groups is 1. The van der Waals surface area contributed by atoms with Crippen LogP contribution in [0.5, 0.6) is 0 Å². The Morgan fingerprint density at radius 3 is 2.42 bits per heavy atom. The summed E-state index contributed by atoms with van der Waals surface area (Å²) in [6, 6.07) is 19.4. The number of anilines is 1. The number of pyridine rings is 1. The molecule has 158 valence electrons. The molecule has 6 heteroatoms. The number of para-hydroxylation sites is 2. The fourth-order valence-electron chi connectivity index (χ4n) is 4.02. The highest BCUT2D eigenvalue weighted by atomic mass is 16.3. The molecule has 0 unspecified atom stereocenters. The van der Waals surface area contributed by atoms with Gasteiger partial charge in [-0.25, -0.2) is 0 Å². The van der Waals surface area contributed by atoms with Gasteiger partial charge < -0.3 is 15.0 Å². The predicted octanol–water partition coefficient (Wildman–Crippen LogP) is 4.03. The highest BCUT2D eigenvalue weighted by Gasteiger charge is 2.19. The molecule has 0 saturated heterocycles. The van der Waals surface area contributed by atoms with E-state index >= 15 is 0 Å². The Morgan fingerprint density at radius 1 is 1.10 bits per heavy atom. The number of fused-ring (bicyclic) bond motifs is 3. The van der Waals surface area contributed by atoms with E-state index in [-0.39, 0.29) is 12.1 Å². The summed E-state index contributed by atoms with van der Waals surface area (Å²) in [6.45, 7) is 6.67. The van der Waals surface area contributed by atoms with Gasteiger partial charge in [-0.15, -0.1) is 0 Å². The SMILES string of the molecule is Cc1cc(=O)n2c3ccccc3n(C[C@H](O)CNc3ccc(C(C)C)cc3)c2c1C#N. The largest absolute Gasteiger partial charge is 0.389 e. The van der Waals surface area contributed by atoms with Crippen molar-refractivity contribution >= 4 is 22.4 Å². The molecule has 0 aliphatic rings. The number of hydrogen-bond donors (Lipinski definition) is 2. The van der Waals surface area contributed by atoms with E-state index in [4.69, 9.17) is 0 Å². The first-order valence-electron chi connectivity index (χ1n) is 10.5. The van der Waals surface area contributed by atoms with Crippen molar-refractivity contribution in [2.75, 3.05) is 11.9 Å². The third-order valence-electron chi connectivity index (χ3n) is 5.68. The zero-order valence-electron chi connectivity index (χ0n) is 18.0. The van der Waals surface area contributed by atoms with Crippen molar-refractivity contribution in [1.82, 2.24) is 8.97 Å². The van der Waals surface area contributed by atoms with Gasteiger partial charge in [0.25, 0.3) is 5.56 Å². The summed E-state index contributed by atoms with van der Waals surface area (Å²) in [5, 5.41) is 23.8. The van der Waals surface area contributed by atoms with Crippen LogP contribution in [0.15, 0.2) is 59.4 Å². The minimum Gasteiger partial charge on any atom is -0.389 e. The number of nitriles is 1. The van der Waals surface area contributed by atoms with E-state index in [2.05, 4.69) is 37.4 Å². The number of aliphatic hydroxyl groups excluding tert-OH is 1. The van der Waals surface area contributed by atoms with Gasteiger partial charge in [0.05, 0.1) is 29.2 Å². The molecule has 0 radical (unpaired) electrons. The molecule has 31 heavy (non-hydrogen) atoms. The maximum absolute atomic E-state index is 12.7. The molecule has 2 aromatic carbocycles. The van der Waals surface area contributed by atoms with E-state index < -0.39 is 6.10 Å². The maximum atomic E-state index is 12.7. The zero-order valence-corrected chi connectivity index (χ0v) is 18.0. The van der Waals surface area contributed by atoms with Crippen LogP contribution < -0.4 is 10.9 Å². The molecule has 2 heterocycles. The number of hydrogen-bond acceptors (Lipinski definition) is 4. The molecule has 0 bridgehead atoms. The second-order valence-electron chi connectivity index (χ2n) is 8.22. The topological polar surface area (TPSA) is 82.5 Å². The van der Waals surface area contributed by atoms with E-state index in [1.807, 2.05) is 41.0 Å². The molecule has 2 N–H and O–H groups in total. The fourth-order valence-corrected chi connectivity index (χ4v) is 4.02. The van der Waals surface area contributed by atoms with E-state index in [0.29, 0.717) is 29.2 Å². The van der Waals surface area contributed by atoms with Crippen molar-refractivity contribution in [1.29, 1.82) is 5.26 Å². The summed E-state index contributed by atoms with van der Waals surface area (Å²) in [5.41, 5.74) is 5.16. The molecule has 2 aromatic heterocycles. The summed E-state index contributed by atoms with van der Waals surface area (Å²) in [6.07, 6.45) is -0.716. The van der Waals surface area contributed by atoms with E-state index in [0.717, 1.165) is 16.7 Å². The third-order valence-corrected chi connectivity index (χ3v) is 5.68. The Hall–Kier alpha value is -3.56. The average molecular weight is 415 g/mol. The summed E-state index contributed by atoms with van der Waals surface area (Å²) in [4.78, 5) is 12.7. The molecule has 4 aromatic rings. The van der Waals surface area contributed by atoms with Crippen LogP contribution in [0.25, 0.3) is 16.7 Å². The number of aromatic nitrogens is 2. The second kappa shape index (κ2) is 8.29. The molecule has 0 spiro atoms. The van der Waals surface area contributed by atoms with Gasteiger partial charge in [-0.3, -0.25) is 9.20 Å². The summed E-state index contributed by atoms with van der Waals surface area (Å²) in [7, 11) is 0. The number of rotatable bonds is 6. The van der Waals surface area contributed by atoms with Crippen molar-refractivity contribution in [2.24, 2.45) is 0 Å². The minimum atomic E-state index is -0.716. The van der Waals surface area contributed by atoms with Crippen LogP contribution in [-0.4, -0.2) is 26.7 Å². The Labute approximate surface area is 181 Å². The third kappa shape index (κ3) is 3.80. The number of nitrogens with one attached hydrogen (secondary N) is 1. The van der Waals surface area contributed by atoms with Crippen LogP contribution in [0.3, 0.4) is 0 Å². The fraction of sp³-hybridized carbons (Fsp3) is 0.280. The van der Waals surface area contributed by atoms with E-state index in [1.54, 1.807) is 11.3 Å². The van der Waals surface area contributed by atoms with Gasteiger partial charge in [0, 0.05) is 18.3 Å². The Balaban J connectivity index is 1.67. The highest BCUT2D eigenvalue weighted by Crippen LogP contribution is 2.24. The summed E-state index contributed by atoms with van der Waals surface area (Å²) < 4.78 is 3.43. The molecular formula is C25H26N4O2. The molecule has 0 saturated carbocycles. The van der Waals surface area contributed by atoms with Gasteiger partial charge in [-0.05, 0) is 48.2 Å². The molecule has 0 aliphatic heterocycles. The van der Waals surface area contributed by atoms with Crippen LogP contribution in [0.2, 0.25) is 0 Å². The predicted molar refractivity (Wildman–Crippen MR) is 124 cm³/mol. The molecule has 1 atom stereocenters. The zero-order chi connectivity index (χ0) is 22.1. The van der Waals surface area contributed by atoms with Crippen molar-refractivity contribution in [3.63, 3.8) is 0 Å². The average Bonchev–Trinajstić information content (AvgIpc) is 3.07. The van der Waals surface area contributed by atoms with Crippen LogP contribution in [0, 0.1) is 18.3 Å². The number of benzene rings is 2. The molecule has 4 rings (SSSR count). The number of imidazole rings is 1. The van der Waals surface area contributed by atoms with Crippen molar-refractivity contribution in [3.8, 4) is 6.07 Å². The normalized spacial score (nSPS) is 12.4. The monoisotopic (exact) mass is 414 g/mol. The van der Waals surface area contributed by atoms with E-state index in [1.165, 1.54) is 11.6 Å². The lowest BCUT2D eigenvalue weighted by Crippen LogP contribution is -2.25. The van der Waals surface area contributed by atoms with E-state index in [9.17, 15) is 15.2 Å². The number of aryl methyl sites for hydroxylation is 1. The summed E-state index contributed by atoms with van der Waals surface area (Å²) in [5.74, 6) is 0.469. The van der Waals surface area contributed by atoms with Gasteiger partial charge >= 0.3 is 0 Å². The first-order chi connectivity index (χ1) is 14.9. The van der Waals surface area contributed by atoms with Crippen LogP contribution in [0.1, 0.15) is 36.5 Å². The Kier molecular flexibility index (Phi) is 5.53. The maximum Gasteiger partial charge on any atom is 0.257 e. The molecule has 0 fully saturated rings. The molecule has 0 amide bonds. The molecule has 6 nitrogen and oxygen atoms in total. The second-order valence-corrected chi connectivity index (χ2v) is 8.22. The lowest BCUT2D eigenvalue weighted by molar-refractivity contribution is 0.169. The van der Waals surface area contributed by atoms with Gasteiger partial charge in [0.15, 0.2) is 0 Å².